The molecule has 0 amide bonds. The Balaban J connectivity index is 1.66. The Morgan fingerprint density at radius 3 is 2.63 bits per heavy atom. The zero-order valence-electron chi connectivity index (χ0n) is 12.3. The van der Waals surface area contributed by atoms with Crippen LogP contribution in [0.5, 0.6) is 0 Å². The van der Waals surface area contributed by atoms with Crippen LogP contribution in [-0.2, 0) is 6.54 Å². The van der Waals surface area contributed by atoms with Crippen LogP contribution in [0, 0.1) is 5.92 Å². The standard InChI is InChI=1S/C14H27N5/c1-12(2)14-11-19(17-16-14)7-3-6-18-8-4-13(10-15)5-9-18/h11-13H,3-10,15H2,1-2H3. The third kappa shape index (κ3) is 4.28. The van der Waals surface area contributed by atoms with E-state index in [9.17, 15) is 0 Å². The molecule has 0 atom stereocenters. The van der Waals surface area contributed by atoms with Gasteiger partial charge in [-0.15, -0.1) is 5.10 Å². The normalized spacial score (nSPS) is 18.3. The van der Waals surface area contributed by atoms with Crippen LogP contribution in [0.1, 0.15) is 44.7 Å². The number of hydrogen-bond acceptors (Lipinski definition) is 4. The number of nitrogens with zero attached hydrogens (tertiary/aromatic N) is 4. The van der Waals surface area contributed by atoms with Crippen LogP contribution in [0.4, 0.5) is 0 Å². The summed E-state index contributed by atoms with van der Waals surface area (Å²) in [6.07, 6.45) is 5.74. The van der Waals surface area contributed by atoms with Crippen LogP contribution in [-0.4, -0.2) is 46.1 Å². The first-order valence-electron chi connectivity index (χ1n) is 7.51. The van der Waals surface area contributed by atoms with Gasteiger partial charge in [0.05, 0.1) is 5.69 Å². The van der Waals surface area contributed by atoms with Gasteiger partial charge in [-0.25, -0.2) is 0 Å². The Labute approximate surface area is 116 Å². The van der Waals surface area contributed by atoms with Crippen molar-refractivity contribution < 1.29 is 0 Å². The molecule has 0 aromatic carbocycles. The van der Waals surface area contributed by atoms with E-state index < -0.39 is 0 Å². The van der Waals surface area contributed by atoms with Gasteiger partial charge in [0.25, 0.3) is 0 Å². The number of rotatable bonds is 6. The van der Waals surface area contributed by atoms with Crippen molar-refractivity contribution in [2.75, 3.05) is 26.2 Å². The summed E-state index contributed by atoms with van der Waals surface area (Å²) in [6.45, 7) is 9.69. The molecule has 5 nitrogen and oxygen atoms in total. The van der Waals surface area contributed by atoms with Gasteiger partial charge in [0.2, 0.25) is 0 Å². The van der Waals surface area contributed by atoms with Gasteiger partial charge >= 0.3 is 0 Å². The summed E-state index contributed by atoms with van der Waals surface area (Å²) < 4.78 is 1.97. The first-order valence-corrected chi connectivity index (χ1v) is 7.51. The Kier molecular flexibility index (Phi) is 5.34. The molecule has 5 heteroatoms. The predicted octanol–water partition coefficient (Wildman–Crippen LogP) is 1.46. The molecule has 0 aliphatic carbocycles. The van der Waals surface area contributed by atoms with E-state index in [0.29, 0.717) is 5.92 Å². The first-order chi connectivity index (χ1) is 9.19. The maximum Gasteiger partial charge on any atom is 0.0852 e. The lowest BCUT2D eigenvalue weighted by Crippen LogP contribution is -2.36. The number of piperidine rings is 1. The number of aryl methyl sites for hydroxylation is 1. The zero-order chi connectivity index (χ0) is 13.7. The Hall–Kier alpha value is -0.940. The molecular weight excluding hydrogens is 238 g/mol. The summed E-state index contributed by atoms with van der Waals surface area (Å²) >= 11 is 0. The third-order valence-corrected chi connectivity index (χ3v) is 4.05. The second-order valence-corrected chi connectivity index (χ2v) is 5.94. The number of likely N-dealkylation sites (tertiary alicyclic amines) is 1. The van der Waals surface area contributed by atoms with E-state index in [1.54, 1.807) is 0 Å². The van der Waals surface area contributed by atoms with Crippen molar-refractivity contribution in [3.8, 4) is 0 Å². The van der Waals surface area contributed by atoms with Crippen molar-refractivity contribution in [1.82, 2.24) is 19.9 Å². The molecule has 2 heterocycles. The second-order valence-electron chi connectivity index (χ2n) is 5.94. The van der Waals surface area contributed by atoms with E-state index in [1.807, 2.05) is 4.68 Å². The van der Waals surface area contributed by atoms with Crippen molar-refractivity contribution in [2.45, 2.75) is 45.6 Å². The van der Waals surface area contributed by atoms with Gasteiger partial charge in [-0.05, 0) is 57.3 Å². The fourth-order valence-corrected chi connectivity index (χ4v) is 2.59. The topological polar surface area (TPSA) is 60.0 Å². The van der Waals surface area contributed by atoms with Gasteiger partial charge in [0, 0.05) is 12.7 Å². The Morgan fingerprint density at radius 1 is 1.32 bits per heavy atom. The minimum atomic E-state index is 0.462. The summed E-state index contributed by atoms with van der Waals surface area (Å²) in [5, 5.41) is 8.36. The van der Waals surface area contributed by atoms with Crippen LogP contribution in [0.15, 0.2) is 6.20 Å². The Morgan fingerprint density at radius 2 is 2.05 bits per heavy atom. The van der Waals surface area contributed by atoms with E-state index in [1.165, 1.54) is 25.9 Å². The Bertz CT molecular complexity index is 366. The predicted molar refractivity (Wildman–Crippen MR) is 76.9 cm³/mol. The third-order valence-electron chi connectivity index (χ3n) is 4.05. The lowest BCUT2D eigenvalue weighted by Gasteiger charge is -2.31. The van der Waals surface area contributed by atoms with Crippen LogP contribution >= 0.6 is 0 Å². The van der Waals surface area contributed by atoms with Crippen molar-refractivity contribution in [1.29, 1.82) is 0 Å². The largest absolute Gasteiger partial charge is 0.330 e. The molecule has 1 aliphatic heterocycles. The van der Waals surface area contributed by atoms with Crippen molar-refractivity contribution in [3.05, 3.63) is 11.9 Å². The minimum Gasteiger partial charge on any atom is -0.330 e. The fourth-order valence-electron chi connectivity index (χ4n) is 2.59. The highest BCUT2D eigenvalue weighted by Crippen LogP contribution is 2.16. The van der Waals surface area contributed by atoms with E-state index in [2.05, 4.69) is 35.3 Å². The molecule has 108 valence electrons. The zero-order valence-corrected chi connectivity index (χ0v) is 12.3. The molecule has 0 unspecified atom stereocenters. The maximum atomic E-state index is 5.71. The molecule has 1 fully saturated rings. The number of hydrogen-bond donors (Lipinski definition) is 1. The SMILES string of the molecule is CC(C)c1cn(CCCN2CCC(CN)CC2)nn1. The monoisotopic (exact) mass is 265 g/mol. The fraction of sp³-hybridized carbons (Fsp3) is 0.857. The summed E-state index contributed by atoms with van der Waals surface area (Å²) in [5.74, 6) is 1.21. The lowest BCUT2D eigenvalue weighted by molar-refractivity contribution is 0.182. The van der Waals surface area contributed by atoms with Crippen LogP contribution < -0.4 is 5.73 Å². The molecule has 0 bridgehead atoms. The molecule has 2 rings (SSSR count). The smallest absolute Gasteiger partial charge is 0.0852 e. The summed E-state index contributed by atoms with van der Waals surface area (Å²) in [4.78, 5) is 2.55. The molecule has 0 radical (unpaired) electrons. The van der Waals surface area contributed by atoms with Crippen LogP contribution in [0.2, 0.25) is 0 Å². The van der Waals surface area contributed by atoms with E-state index in [4.69, 9.17) is 5.73 Å². The van der Waals surface area contributed by atoms with E-state index in [0.717, 1.165) is 37.7 Å². The average molecular weight is 265 g/mol. The highest BCUT2D eigenvalue weighted by Gasteiger charge is 2.17. The van der Waals surface area contributed by atoms with Gasteiger partial charge in [-0.3, -0.25) is 4.68 Å². The molecule has 0 saturated carbocycles. The van der Waals surface area contributed by atoms with Crippen molar-refractivity contribution >= 4 is 0 Å². The number of aromatic nitrogens is 3. The molecule has 1 aromatic rings. The highest BCUT2D eigenvalue weighted by atomic mass is 15.4. The van der Waals surface area contributed by atoms with Gasteiger partial charge in [-0.1, -0.05) is 19.1 Å². The van der Waals surface area contributed by atoms with Gasteiger partial charge in [0.15, 0.2) is 0 Å². The molecular formula is C14H27N5. The van der Waals surface area contributed by atoms with Crippen molar-refractivity contribution in [2.24, 2.45) is 11.7 Å². The lowest BCUT2D eigenvalue weighted by atomic mass is 9.97. The molecule has 0 spiro atoms. The number of nitrogens with two attached hydrogens (primary N) is 1. The van der Waals surface area contributed by atoms with E-state index in [-0.39, 0.29) is 0 Å². The molecule has 19 heavy (non-hydrogen) atoms. The molecule has 2 N–H and O–H groups in total. The minimum absolute atomic E-state index is 0.462. The van der Waals surface area contributed by atoms with Gasteiger partial charge in [-0.2, -0.15) is 0 Å². The highest BCUT2D eigenvalue weighted by molar-refractivity contribution is 4.97. The summed E-state index contributed by atoms with van der Waals surface area (Å²) in [5.41, 5.74) is 6.80. The summed E-state index contributed by atoms with van der Waals surface area (Å²) in [7, 11) is 0. The van der Waals surface area contributed by atoms with Gasteiger partial charge < -0.3 is 10.6 Å². The quantitative estimate of drug-likeness (QED) is 0.846. The summed E-state index contributed by atoms with van der Waals surface area (Å²) in [6, 6.07) is 0. The van der Waals surface area contributed by atoms with Gasteiger partial charge in [0.1, 0.15) is 0 Å². The van der Waals surface area contributed by atoms with Crippen LogP contribution in [0.25, 0.3) is 0 Å². The van der Waals surface area contributed by atoms with Crippen molar-refractivity contribution in [3.63, 3.8) is 0 Å². The molecule has 1 saturated heterocycles. The maximum absolute atomic E-state index is 5.71. The first kappa shape index (κ1) is 14.5. The van der Waals surface area contributed by atoms with Crippen LogP contribution in [0.3, 0.4) is 0 Å². The molecule has 1 aliphatic rings. The second kappa shape index (κ2) is 7.01. The van der Waals surface area contributed by atoms with E-state index >= 15 is 0 Å². The molecule has 1 aromatic heterocycles. The average Bonchev–Trinajstić information content (AvgIpc) is 2.89.